The van der Waals surface area contributed by atoms with Crippen LogP contribution < -0.4 is 14.9 Å². The molecule has 1 N–H and O–H groups in total. The number of nitrogens with zero attached hydrogens (tertiary/aromatic N) is 1. The molecule has 0 aromatic heterocycles. The predicted octanol–water partition coefficient (Wildman–Crippen LogP) is 6.17. The van der Waals surface area contributed by atoms with Crippen LogP contribution in [0.15, 0.2) is 71.8 Å². The molecule has 1 amide bonds. The van der Waals surface area contributed by atoms with Crippen LogP contribution in [-0.2, 0) is 4.79 Å². The summed E-state index contributed by atoms with van der Waals surface area (Å²) in [6.45, 7) is 1.81. The molecule has 0 bridgehead atoms. The number of ether oxygens (including phenoxy) is 2. The van der Waals surface area contributed by atoms with Crippen molar-refractivity contribution in [1.29, 1.82) is 0 Å². The number of rotatable bonds is 8. The van der Waals surface area contributed by atoms with Crippen LogP contribution in [0.1, 0.15) is 29.3 Å². The Morgan fingerprint density at radius 2 is 1.73 bits per heavy atom. The fourth-order valence-corrected chi connectivity index (χ4v) is 3.34. The zero-order valence-corrected chi connectivity index (χ0v) is 19.7. The molecule has 0 fully saturated rings. The molecule has 3 rings (SSSR count). The number of carbonyl (C=O) groups excluding carboxylic acids is 2. The fraction of sp³-hybridized carbons (Fsp3) is 0.125. The zero-order valence-electron chi connectivity index (χ0n) is 17.4. The Hall–Kier alpha value is -3.06. The maximum atomic E-state index is 12.4. The number of hydrazone groups is 1. The van der Waals surface area contributed by atoms with Gasteiger partial charge < -0.3 is 9.47 Å². The van der Waals surface area contributed by atoms with Crippen molar-refractivity contribution in [2.45, 2.75) is 19.4 Å². The number of carbonyl (C=O) groups is 2. The van der Waals surface area contributed by atoms with Crippen molar-refractivity contribution in [2.24, 2.45) is 5.10 Å². The van der Waals surface area contributed by atoms with E-state index in [2.05, 4.69) is 10.5 Å². The van der Waals surface area contributed by atoms with Crippen molar-refractivity contribution in [2.75, 3.05) is 0 Å². The Morgan fingerprint density at radius 1 is 1.00 bits per heavy atom. The van der Waals surface area contributed by atoms with Crippen LogP contribution in [0.4, 0.5) is 0 Å². The summed E-state index contributed by atoms with van der Waals surface area (Å²) in [5.41, 5.74) is 3.48. The molecule has 0 saturated carbocycles. The lowest BCUT2D eigenvalue weighted by atomic mass is 10.2. The smallest absolute Gasteiger partial charge is 0.343 e. The molecular weight excluding hydrogens is 487 g/mol. The highest BCUT2D eigenvalue weighted by Gasteiger charge is 2.19. The second-order valence-corrected chi connectivity index (χ2v) is 8.07. The third kappa shape index (κ3) is 7.22. The Balaban J connectivity index is 1.54. The molecule has 33 heavy (non-hydrogen) atoms. The Labute approximate surface area is 206 Å². The zero-order chi connectivity index (χ0) is 23.8. The Morgan fingerprint density at radius 3 is 2.39 bits per heavy atom. The van der Waals surface area contributed by atoms with Gasteiger partial charge in [0, 0.05) is 10.0 Å². The van der Waals surface area contributed by atoms with Crippen LogP contribution in [0.2, 0.25) is 15.1 Å². The second-order valence-electron chi connectivity index (χ2n) is 6.79. The quantitative estimate of drug-likeness (QED) is 0.172. The minimum atomic E-state index is -0.783. The largest absolute Gasteiger partial charge is 0.479 e. The van der Waals surface area contributed by atoms with Gasteiger partial charge in [-0.25, -0.2) is 10.2 Å². The van der Waals surface area contributed by atoms with Crippen LogP contribution >= 0.6 is 34.8 Å². The molecule has 6 nitrogen and oxygen atoms in total. The number of hydrogen-bond donors (Lipinski definition) is 1. The van der Waals surface area contributed by atoms with Gasteiger partial charge in [-0.05, 0) is 72.6 Å². The van der Waals surface area contributed by atoms with Gasteiger partial charge in [0.05, 0.1) is 16.8 Å². The molecule has 0 saturated heterocycles. The van der Waals surface area contributed by atoms with Gasteiger partial charge in [-0.3, -0.25) is 4.79 Å². The van der Waals surface area contributed by atoms with Crippen molar-refractivity contribution < 1.29 is 19.1 Å². The number of benzene rings is 3. The maximum absolute atomic E-state index is 12.4. The molecule has 0 radical (unpaired) electrons. The van der Waals surface area contributed by atoms with Crippen molar-refractivity contribution >= 4 is 52.9 Å². The lowest BCUT2D eigenvalue weighted by Gasteiger charge is -2.16. The average Bonchev–Trinajstić information content (AvgIpc) is 2.79. The van der Waals surface area contributed by atoms with Crippen molar-refractivity contribution in [1.82, 2.24) is 5.43 Å². The van der Waals surface area contributed by atoms with Gasteiger partial charge in [0.1, 0.15) is 11.5 Å². The number of halogens is 3. The highest BCUT2D eigenvalue weighted by atomic mass is 35.5. The highest BCUT2D eigenvalue weighted by molar-refractivity contribution is 6.35. The van der Waals surface area contributed by atoms with Crippen LogP contribution in [0.3, 0.4) is 0 Å². The minimum absolute atomic E-state index is 0.313. The fourth-order valence-electron chi connectivity index (χ4n) is 2.69. The molecule has 0 spiro atoms. The molecule has 9 heteroatoms. The third-order valence-electron chi connectivity index (χ3n) is 4.37. The molecule has 1 atom stereocenters. The first-order valence-corrected chi connectivity index (χ1v) is 11.0. The summed E-state index contributed by atoms with van der Waals surface area (Å²) in [4.78, 5) is 24.6. The van der Waals surface area contributed by atoms with Gasteiger partial charge in [0.2, 0.25) is 0 Å². The van der Waals surface area contributed by atoms with E-state index in [1.54, 1.807) is 61.5 Å². The molecule has 0 heterocycles. The first-order valence-electron chi connectivity index (χ1n) is 9.88. The molecule has 0 aliphatic carbocycles. The summed E-state index contributed by atoms with van der Waals surface area (Å²) in [7, 11) is 0. The monoisotopic (exact) mass is 504 g/mol. The summed E-state index contributed by atoms with van der Waals surface area (Å²) in [6, 6.07) is 17.9. The van der Waals surface area contributed by atoms with Crippen LogP contribution in [0, 0.1) is 0 Å². The van der Waals surface area contributed by atoms with Gasteiger partial charge in [0.25, 0.3) is 5.91 Å². The Kier molecular flexibility index (Phi) is 8.72. The van der Waals surface area contributed by atoms with Crippen molar-refractivity contribution in [3.05, 3.63) is 92.9 Å². The average molecular weight is 506 g/mol. The molecular formula is C24H19Cl3N2O4. The van der Waals surface area contributed by atoms with E-state index in [9.17, 15) is 9.59 Å². The minimum Gasteiger partial charge on any atom is -0.479 e. The van der Waals surface area contributed by atoms with Gasteiger partial charge in [-0.1, -0.05) is 47.8 Å². The van der Waals surface area contributed by atoms with Crippen molar-refractivity contribution in [3.8, 4) is 11.5 Å². The molecule has 1 unspecified atom stereocenters. The maximum Gasteiger partial charge on any atom is 0.343 e. The summed E-state index contributed by atoms with van der Waals surface area (Å²) >= 11 is 17.9. The number of hydrogen-bond acceptors (Lipinski definition) is 5. The molecule has 170 valence electrons. The second kappa shape index (κ2) is 11.7. The number of amides is 1. The Bertz CT molecular complexity index is 1170. The van der Waals surface area contributed by atoms with Crippen LogP contribution in [-0.4, -0.2) is 24.2 Å². The van der Waals surface area contributed by atoms with E-state index in [0.29, 0.717) is 44.1 Å². The number of esters is 1. The van der Waals surface area contributed by atoms with Gasteiger partial charge in [-0.15, -0.1) is 0 Å². The summed E-state index contributed by atoms with van der Waals surface area (Å²) in [6.07, 6.45) is 1.09. The highest BCUT2D eigenvalue weighted by Crippen LogP contribution is 2.28. The van der Waals surface area contributed by atoms with Gasteiger partial charge >= 0.3 is 5.97 Å². The van der Waals surface area contributed by atoms with Gasteiger partial charge in [0.15, 0.2) is 6.10 Å². The first kappa shape index (κ1) is 24.6. The van der Waals surface area contributed by atoms with E-state index < -0.39 is 18.0 Å². The SMILES string of the molecule is CCC(Oc1ccc(Cl)cc1Cl)C(=O)NN=Cc1ccc(OC(=O)c2cccc(Cl)c2)cc1. The third-order valence-corrected chi connectivity index (χ3v) is 5.13. The van der Waals surface area contributed by atoms with E-state index >= 15 is 0 Å². The van der Waals surface area contributed by atoms with E-state index in [1.165, 1.54) is 18.3 Å². The molecule has 0 aliphatic rings. The topological polar surface area (TPSA) is 77.0 Å². The summed E-state index contributed by atoms with van der Waals surface area (Å²) in [5.74, 6) is -0.222. The normalized spacial score (nSPS) is 11.8. The summed E-state index contributed by atoms with van der Waals surface area (Å²) < 4.78 is 11.0. The van der Waals surface area contributed by atoms with E-state index in [1.807, 2.05) is 0 Å². The molecule has 0 aliphatic heterocycles. The van der Waals surface area contributed by atoms with Crippen LogP contribution in [0.5, 0.6) is 11.5 Å². The molecule has 3 aromatic carbocycles. The lowest BCUT2D eigenvalue weighted by Crippen LogP contribution is -2.35. The van der Waals surface area contributed by atoms with E-state index in [0.717, 1.165) is 0 Å². The predicted molar refractivity (Wildman–Crippen MR) is 130 cm³/mol. The van der Waals surface area contributed by atoms with Crippen LogP contribution in [0.25, 0.3) is 0 Å². The van der Waals surface area contributed by atoms with E-state index in [4.69, 9.17) is 44.3 Å². The summed E-state index contributed by atoms with van der Waals surface area (Å²) in [5, 5.41) is 5.19. The standard InChI is InChI=1S/C24H19Cl3N2O4/c1-2-21(33-22-11-8-18(26)13-20(22)27)23(30)29-28-14-15-6-9-19(10-7-15)32-24(31)16-4-3-5-17(25)12-16/h3-14,21H,2H2,1H3,(H,29,30). The lowest BCUT2D eigenvalue weighted by molar-refractivity contribution is -0.128. The molecule has 3 aromatic rings. The van der Waals surface area contributed by atoms with E-state index in [-0.39, 0.29) is 0 Å². The number of nitrogens with one attached hydrogen (secondary N) is 1. The van der Waals surface area contributed by atoms with Gasteiger partial charge in [-0.2, -0.15) is 5.10 Å². The first-order chi connectivity index (χ1) is 15.9. The van der Waals surface area contributed by atoms with Crippen molar-refractivity contribution in [3.63, 3.8) is 0 Å².